The molecule has 0 radical (unpaired) electrons. The van der Waals surface area contributed by atoms with Crippen molar-refractivity contribution in [1.29, 1.82) is 0 Å². The third-order valence-electron chi connectivity index (χ3n) is 6.24. The van der Waals surface area contributed by atoms with E-state index in [9.17, 15) is 24.3 Å². The van der Waals surface area contributed by atoms with Gasteiger partial charge >= 0.3 is 5.97 Å². The van der Waals surface area contributed by atoms with Crippen LogP contribution in [0.15, 0.2) is 47.3 Å². The first kappa shape index (κ1) is 28.4. The van der Waals surface area contributed by atoms with Crippen molar-refractivity contribution in [2.75, 3.05) is 25.2 Å². The maximum Gasteiger partial charge on any atom is 0.338 e. The quantitative estimate of drug-likeness (QED) is 0.104. The number of carbonyl (C=O) groups excluding carboxylic acids is 4. The predicted octanol–water partition coefficient (Wildman–Crippen LogP) is -0.450. The maximum absolute atomic E-state index is 13.1. The van der Waals surface area contributed by atoms with E-state index in [4.69, 9.17) is 26.9 Å². The first-order valence-corrected chi connectivity index (χ1v) is 14.3. The van der Waals surface area contributed by atoms with E-state index in [0.717, 1.165) is 16.2 Å². The summed E-state index contributed by atoms with van der Waals surface area (Å²) in [6, 6.07) is 2.21. The minimum atomic E-state index is -1.51. The van der Waals surface area contributed by atoms with Gasteiger partial charge in [-0.1, -0.05) is 28.1 Å². The second-order valence-corrected chi connectivity index (χ2v) is 11.5. The number of fused-ring (bicyclic) bond motifs is 2. The first-order valence-electron chi connectivity index (χ1n) is 12.0. The molecule has 1 saturated heterocycles. The number of carboxylic acids is 1. The van der Waals surface area contributed by atoms with Crippen molar-refractivity contribution < 1.29 is 38.4 Å². The van der Waals surface area contributed by atoms with Gasteiger partial charge in [0, 0.05) is 17.4 Å². The number of thiazole rings is 1. The summed E-state index contributed by atoms with van der Waals surface area (Å²) >= 11 is 8.40. The number of anilines is 1. The zero-order valence-electron chi connectivity index (χ0n) is 21.5. The summed E-state index contributed by atoms with van der Waals surface area (Å²) in [5.41, 5.74) is 6.68. The molecule has 1 fully saturated rings. The normalized spacial score (nSPS) is 18.7. The van der Waals surface area contributed by atoms with Gasteiger partial charge in [0.05, 0.1) is 30.5 Å². The Balaban J connectivity index is 1.36. The van der Waals surface area contributed by atoms with Crippen molar-refractivity contribution in [2.24, 2.45) is 5.16 Å². The number of nitrogens with zero attached hydrogens (tertiary/aromatic N) is 5. The summed E-state index contributed by atoms with van der Waals surface area (Å²) in [5.74, 6) is -3.14. The summed E-state index contributed by atoms with van der Waals surface area (Å²) in [6.07, 6.45) is 5.14. The number of nitrogen functional groups attached to an aromatic ring is 1. The second kappa shape index (κ2) is 11.4. The molecule has 3 aromatic rings. The molecule has 3 aromatic heterocycles. The SMILES string of the molecule is CCO/N=C(\C(=O)N[C@@H]1C(=O)N2C(C(=O)[O-])=C(C[n+]3cc4cc(C(=O)OC)ccn4c3)CS[C@H]12)c1nc(N)sc1Cl. The number of aromatic nitrogens is 3. The van der Waals surface area contributed by atoms with Crippen LogP contribution >= 0.6 is 34.7 Å². The molecule has 5 rings (SSSR count). The predicted molar refractivity (Wildman–Crippen MR) is 146 cm³/mol. The number of amides is 2. The van der Waals surface area contributed by atoms with Crippen LogP contribution < -0.4 is 20.7 Å². The topological polar surface area (TPSA) is 185 Å². The third kappa shape index (κ3) is 5.32. The number of hydrogen-bond donors (Lipinski definition) is 2. The number of rotatable bonds is 9. The monoisotopic (exact) mass is 619 g/mol. The Kier molecular flexibility index (Phi) is 7.88. The molecule has 0 saturated carbocycles. The van der Waals surface area contributed by atoms with Crippen LogP contribution in [-0.4, -0.2) is 74.6 Å². The molecular weight excluding hydrogens is 598 g/mol. The lowest BCUT2D eigenvalue weighted by molar-refractivity contribution is -0.687. The molecule has 17 heteroatoms. The van der Waals surface area contributed by atoms with Gasteiger partial charge in [0.25, 0.3) is 11.8 Å². The summed E-state index contributed by atoms with van der Waals surface area (Å²) in [4.78, 5) is 60.5. The molecular formula is C24H22ClN7O7S2. The Morgan fingerprint density at radius 2 is 2.17 bits per heavy atom. The number of oxime groups is 1. The number of nitrogens with two attached hydrogens (primary N) is 1. The van der Waals surface area contributed by atoms with Crippen LogP contribution in [0.2, 0.25) is 4.34 Å². The van der Waals surface area contributed by atoms with E-state index >= 15 is 0 Å². The van der Waals surface area contributed by atoms with Crippen LogP contribution in [0, 0.1) is 0 Å². The van der Waals surface area contributed by atoms with Crippen molar-refractivity contribution in [2.45, 2.75) is 24.9 Å². The zero-order valence-corrected chi connectivity index (χ0v) is 23.9. The van der Waals surface area contributed by atoms with Gasteiger partial charge in [-0.2, -0.15) is 0 Å². The van der Waals surface area contributed by atoms with Crippen LogP contribution in [-0.2, 0) is 30.5 Å². The maximum atomic E-state index is 13.1. The van der Waals surface area contributed by atoms with Gasteiger partial charge in [0.15, 0.2) is 16.4 Å². The van der Waals surface area contributed by atoms with Crippen molar-refractivity contribution in [3.05, 3.63) is 57.7 Å². The Morgan fingerprint density at radius 1 is 1.39 bits per heavy atom. The van der Waals surface area contributed by atoms with Crippen LogP contribution in [0.3, 0.4) is 0 Å². The second-order valence-electron chi connectivity index (χ2n) is 8.79. The van der Waals surface area contributed by atoms with Gasteiger partial charge in [-0.05, 0) is 13.0 Å². The number of carbonyl (C=O) groups is 4. The van der Waals surface area contributed by atoms with E-state index in [1.165, 1.54) is 18.9 Å². The van der Waals surface area contributed by atoms with Crippen molar-refractivity contribution in [3.8, 4) is 0 Å². The fourth-order valence-corrected chi connectivity index (χ4v) is 6.70. The highest BCUT2D eigenvalue weighted by Crippen LogP contribution is 2.40. The Hall–Kier alpha value is -4.15. The summed E-state index contributed by atoms with van der Waals surface area (Å²) in [7, 11) is 1.29. The minimum absolute atomic E-state index is 0.00772. The lowest BCUT2D eigenvalue weighted by Gasteiger charge is -2.50. The third-order valence-corrected chi connectivity index (χ3v) is 8.66. The highest BCUT2D eigenvalue weighted by atomic mass is 35.5. The van der Waals surface area contributed by atoms with E-state index in [1.807, 2.05) is 0 Å². The number of ether oxygens (including phenoxy) is 1. The zero-order chi connectivity index (χ0) is 29.4. The lowest BCUT2D eigenvalue weighted by atomic mass is 10.0. The molecule has 2 aliphatic heterocycles. The number of thioether (sulfide) groups is 1. The molecule has 0 bridgehead atoms. The van der Waals surface area contributed by atoms with Crippen LogP contribution in [0.5, 0.6) is 0 Å². The molecule has 0 aliphatic carbocycles. The number of halogens is 1. The van der Waals surface area contributed by atoms with Gasteiger partial charge in [-0.3, -0.25) is 14.5 Å². The number of nitrogens with one attached hydrogen (secondary N) is 1. The van der Waals surface area contributed by atoms with Crippen LogP contribution in [0.4, 0.5) is 5.13 Å². The van der Waals surface area contributed by atoms with Gasteiger partial charge in [-0.25, -0.2) is 18.7 Å². The van der Waals surface area contributed by atoms with Crippen molar-refractivity contribution in [3.63, 3.8) is 0 Å². The standard InChI is InChI=1S/C24H22ClN7O7S2/c1-3-39-29-15(14-18(25)41-24(26)28-14)19(33)27-16-20(34)32-17(22(35)36)12(9-40-21(16)32)7-30-8-13-6-11(23(37)38-2)4-5-31(13)10-30/h4-6,8,10,16,21H,3,7,9H2,1-2H3,(H3-,26,27,28,33,35,36)/b29-15-/t16-,21-/m1/s1. The van der Waals surface area contributed by atoms with E-state index in [2.05, 4.69) is 15.5 Å². The van der Waals surface area contributed by atoms with Gasteiger partial charge in [-0.15, -0.1) is 11.8 Å². The molecule has 214 valence electrons. The number of hydrogen-bond acceptors (Lipinski definition) is 12. The highest BCUT2D eigenvalue weighted by Gasteiger charge is 2.53. The highest BCUT2D eigenvalue weighted by molar-refractivity contribution is 8.00. The van der Waals surface area contributed by atoms with E-state index < -0.39 is 35.2 Å². The average Bonchev–Trinajstić information content (AvgIpc) is 3.51. The number of esters is 1. The smallest absolute Gasteiger partial charge is 0.338 e. The average molecular weight is 620 g/mol. The fourth-order valence-electron chi connectivity index (χ4n) is 4.44. The number of pyridine rings is 1. The molecule has 41 heavy (non-hydrogen) atoms. The number of aliphatic carboxylic acids is 1. The molecule has 5 heterocycles. The molecule has 2 atom stereocenters. The molecule has 0 unspecified atom stereocenters. The molecule has 0 aromatic carbocycles. The summed E-state index contributed by atoms with van der Waals surface area (Å²) in [6.45, 7) is 1.98. The molecule has 3 N–H and O–H groups in total. The molecule has 14 nitrogen and oxygen atoms in total. The summed E-state index contributed by atoms with van der Waals surface area (Å²) in [5, 5.41) is 18.0. The number of imidazole rings is 1. The van der Waals surface area contributed by atoms with E-state index in [-0.39, 0.29) is 45.5 Å². The number of methoxy groups -OCH3 is 1. The number of carboxylic acid groups (broad SMARTS) is 1. The Labute approximate surface area is 245 Å². The first-order chi connectivity index (χ1) is 19.6. The van der Waals surface area contributed by atoms with Crippen molar-refractivity contribution in [1.82, 2.24) is 19.6 Å². The number of β-lactam (4-membered cyclic amide) rings is 1. The lowest BCUT2D eigenvalue weighted by Crippen LogP contribution is -2.71. The van der Waals surface area contributed by atoms with E-state index in [0.29, 0.717) is 16.7 Å². The van der Waals surface area contributed by atoms with E-state index in [1.54, 1.807) is 46.7 Å². The fraction of sp³-hybridized carbons (Fsp3) is 0.292. The Bertz CT molecular complexity index is 1650. The minimum Gasteiger partial charge on any atom is -0.543 e. The van der Waals surface area contributed by atoms with Gasteiger partial charge < -0.3 is 30.5 Å². The summed E-state index contributed by atoms with van der Waals surface area (Å²) < 4.78 is 8.37. The largest absolute Gasteiger partial charge is 0.543 e. The van der Waals surface area contributed by atoms with Gasteiger partial charge in [0.1, 0.15) is 40.8 Å². The molecule has 0 spiro atoms. The van der Waals surface area contributed by atoms with Gasteiger partial charge in [0.2, 0.25) is 6.33 Å². The van der Waals surface area contributed by atoms with Crippen molar-refractivity contribution >= 4 is 74.8 Å². The van der Waals surface area contributed by atoms with Crippen LogP contribution in [0.1, 0.15) is 23.0 Å². The van der Waals surface area contributed by atoms with Crippen LogP contribution in [0.25, 0.3) is 5.52 Å². The Morgan fingerprint density at radius 3 is 2.83 bits per heavy atom. The molecule has 2 amide bonds. The molecule has 2 aliphatic rings.